The van der Waals surface area contributed by atoms with Crippen LogP contribution in [0, 0.1) is 11.8 Å². The van der Waals surface area contributed by atoms with Crippen molar-refractivity contribution >= 4 is 5.91 Å². The number of nitrogens with zero attached hydrogens (tertiary/aromatic N) is 5. The minimum atomic E-state index is 0.283. The van der Waals surface area contributed by atoms with E-state index < -0.39 is 0 Å². The molecule has 0 saturated carbocycles. The zero-order chi connectivity index (χ0) is 19.3. The molecule has 0 aromatic carbocycles. The highest BCUT2D eigenvalue weighted by molar-refractivity contribution is 5.78. The largest absolute Gasteiger partial charge is 0.378 e. The Morgan fingerprint density at radius 2 is 1.61 bits per heavy atom. The number of likely N-dealkylation sites (tertiary alicyclic amines) is 2. The molecule has 3 aliphatic heterocycles. The molecule has 28 heavy (non-hydrogen) atoms. The second-order valence-electron chi connectivity index (χ2n) is 8.72. The van der Waals surface area contributed by atoms with E-state index >= 15 is 0 Å². The van der Waals surface area contributed by atoms with E-state index in [-0.39, 0.29) is 5.91 Å². The third-order valence-electron chi connectivity index (χ3n) is 6.96. The van der Waals surface area contributed by atoms with Crippen LogP contribution < -0.4 is 0 Å². The van der Waals surface area contributed by atoms with Gasteiger partial charge in [-0.1, -0.05) is 0 Å². The minimum absolute atomic E-state index is 0.283. The molecule has 3 fully saturated rings. The first-order valence-electron chi connectivity index (χ1n) is 10.9. The van der Waals surface area contributed by atoms with E-state index in [2.05, 4.69) is 26.4 Å². The molecule has 7 nitrogen and oxygen atoms in total. The number of piperidine rings is 2. The van der Waals surface area contributed by atoms with Gasteiger partial charge in [0.25, 0.3) is 0 Å². The summed E-state index contributed by atoms with van der Waals surface area (Å²) in [7, 11) is 2.08. The number of hydrogen-bond acceptors (Lipinski definition) is 5. The maximum Gasteiger partial charge on any atom is 0.236 e. The average molecular weight is 390 g/mol. The van der Waals surface area contributed by atoms with Gasteiger partial charge < -0.3 is 14.2 Å². The standard InChI is InChI=1S/C21H35N5O2/c1-23-17-22-14-20(23)15-24-6-2-18(3-7-24)19-4-8-25(9-5-19)16-21(27)26-10-12-28-13-11-26/h14,17-19H,2-13,15-16H2,1H3. The van der Waals surface area contributed by atoms with Gasteiger partial charge in [-0.2, -0.15) is 0 Å². The lowest BCUT2D eigenvalue weighted by molar-refractivity contribution is -0.136. The van der Waals surface area contributed by atoms with Crippen molar-refractivity contribution in [2.24, 2.45) is 18.9 Å². The summed E-state index contributed by atoms with van der Waals surface area (Å²) >= 11 is 0. The van der Waals surface area contributed by atoms with E-state index in [1.807, 2.05) is 17.4 Å². The first-order valence-corrected chi connectivity index (χ1v) is 10.9. The smallest absolute Gasteiger partial charge is 0.236 e. The number of amides is 1. The third kappa shape index (κ3) is 4.93. The van der Waals surface area contributed by atoms with Crippen molar-refractivity contribution in [1.29, 1.82) is 0 Å². The van der Waals surface area contributed by atoms with Gasteiger partial charge in [-0.15, -0.1) is 0 Å². The lowest BCUT2D eigenvalue weighted by Crippen LogP contribution is -2.48. The highest BCUT2D eigenvalue weighted by Gasteiger charge is 2.30. The van der Waals surface area contributed by atoms with Crippen LogP contribution in [0.15, 0.2) is 12.5 Å². The maximum atomic E-state index is 12.5. The first-order chi connectivity index (χ1) is 13.7. The van der Waals surface area contributed by atoms with Crippen molar-refractivity contribution in [3.63, 3.8) is 0 Å². The van der Waals surface area contributed by atoms with Gasteiger partial charge in [-0.25, -0.2) is 4.98 Å². The van der Waals surface area contributed by atoms with Crippen LogP contribution in [0.4, 0.5) is 0 Å². The topological polar surface area (TPSA) is 53.8 Å². The fraction of sp³-hybridized carbons (Fsp3) is 0.810. The van der Waals surface area contributed by atoms with E-state index in [9.17, 15) is 4.79 Å². The number of aryl methyl sites for hydroxylation is 1. The number of carbonyl (C=O) groups excluding carboxylic acids is 1. The van der Waals surface area contributed by atoms with Gasteiger partial charge in [0.15, 0.2) is 0 Å². The van der Waals surface area contributed by atoms with Gasteiger partial charge in [0.1, 0.15) is 0 Å². The Morgan fingerprint density at radius 1 is 1.00 bits per heavy atom. The number of aromatic nitrogens is 2. The van der Waals surface area contributed by atoms with E-state index in [1.165, 1.54) is 44.5 Å². The molecular weight excluding hydrogens is 354 g/mol. The molecule has 3 aliphatic rings. The second-order valence-corrected chi connectivity index (χ2v) is 8.72. The Labute approximate surface area is 168 Å². The van der Waals surface area contributed by atoms with Crippen molar-refractivity contribution in [3.05, 3.63) is 18.2 Å². The summed E-state index contributed by atoms with van der Waals surface area (Å²) in [5, 5.41) is 0. The third-order valence-corrected chi connectivity index (χ3v) is 6.96. The quantitative estimate of drug-likeness (QED) is 0.758. The molecule has 4 rings (SSSR count). The summed E-state index contributed by atoms with van der Waals surface area (Å²) in [6.07, 6.45) is 9.01. The Kier molecular flexibility index (Phi) is 6.65. The van der Waals surface area contributed by atoms with Crippen LogP contribution in [-0.2, 0) is 23.1 Å². The number of ether oxygens (including phenoxy) is 1. The summed E-state index contributed by atoms with van der Waals surface area (Å²) < 4.78 is 7.47. The molecule has 1 amide bonds. The van der Waals surface area contributed by atoms with Crippen LogP contribution in [0.1, 0.15) is 31.4 Å². The van der Waals surface area contributed by atoms with E-state index in [0.29, 0.717) is 19.8 Å². The fourth-order valence-corrected chi connectivity index (χ4v) is 5.04. The predicted octanol–water partition coefficient (Wildman–Crippen LogP) is 1.20. The number of imidazole rings is 1. The monoisotopic (exact) mass is 389 g/mol. The molecule has 0 N–H and O–H groups in total. The summed E-state index contributed by atoms with van der Waals surface area (Å²) in [5.41, 5.74) is 1.30. The van der Waals surface area contributed by atoms with Gasteiger partial charge in [-0.3, -0.25) is 14.6 Å². The molecule has 0 atom stereocenters. The van der Waals surface area contributed by atoms with Gasteiger partial charge in [0, 0.05) is 32.9 Å². The summed E-state index contributed by atoms with van der Waals surface area (Å²) in [4.78, 5) is 23.6. The molecule has 3 saturated heterocycles. The summed E-state index contributed by atoms with van der Waals surface area (Å²) in [6.45, 7) is 9.06. The van der Waals surface area contributed by atoms with Crippen LogP contribution in [0.25, 0.3) is 0 Å². The molecule has 0 spiro atoms. The molecule has 0 aliphatic carbocycles. The van der Waals surface area contributed by atoms with Crippen LogP contribution in [0.2, 0.25) is 0 Å². The second kappa shape index (κ2) is 9.37. The SMILES string of the molecule is Cn1cncc1CN1CCC(C2CCN(CC(=O)N3CCOCC3)CC2)CC1. The lowest BCUT2D eigenvalue weighted by atomic mass is 9.79. The van der Waals surface area contributed by atoms with E-state index in [0.717, 1.165) is 44.6 Å². The van der Waals surface area contributed by atoms with Crippen molar-refractivity contribution < 1.29 is 9.53 Å². The molecule has 4 heterocycles. The van der Waals surface area contributed by atoms with Crippen molar-refractivity contribution in [3.8, 4) is 0 Å². The van der Waals surface area contributed by atoms with Crippen molar-refractivity contribution in [2.75, 3.05) is 59.0 Å². The van der Waals surface area contributed by atoms with Gasteiger partial charge in [0.05, 0.1) is 31.8 Å². The zero-order valence-electron chi connectivity index (χ0n) is 17.3. The molecular formula is C21H35N5O2. The minimum Gasteiger partial charge on any atom is -0.378 e. The normalized spacial score (nSPS) is 24.0. The number of hydrogen-bond donors (Lipinski definition) is 0. The Hall–Kier alpha value is -1.44. The number of carbonyl (C=O) groups is 1. The molecule has 7 heteroatoms. The van der Waals surface area contributed by atoms with Crippen molar-refractivity contribution in [2.45, 2.75) is 32.2 Å². The van der Waals surface area contributed by atoms with Gasteiger partial charge in [0.2, 0.25) is 5.91 Å². The van der Waals surface area contributed by atoms with Crippen LogP contribution >= 0.6 is 0 Å². The molecule has 156 valence electrons. The predicted molar refractivity (Wildman–Crippen MR) is 108 cm³/mol. The molecule has 0 radical (unpaired) electrons. The molecule has 1 aromatic heterocycles. The van der Waals surface area contributed by atoms with Gasteiger partial charge >= 0.3 is 0 Å². The van der Waals surface area contributed by atoms with Crippen LogP contribution in [0.5, 0.6) is 0 Å². The highest BCUT2D eigenvalue weighted by Crippen LogP contribution is 2.32. The lowest BCUT2D eigenvalue weighted by Gasteiger charge is -2.40. The van der Waals surface area contributed by atoms with Crippen molar-refractivity contribution in [1.82, 2.24) is 24.3 Å². The van der Waals surface area contributed by atoms with Crippen LogP contribution in [-0.4, -0.2) is 89.2 Å². The molecule has 0 unspecified atom stereocenters. The van der Waals surface area contributed by atoms with E-state index in [4.69, 9.17) is 4.74 Å². The highest BCUT2D eigenvalue weighted by atomic mass is 16.5. The molecule has 0 bridgehead atoms. The Balaban J connectivity index is 1.16. The maximum absolute atomic E-state index is 12.5. The number of morpholine rings is 1. The Morgan fingerprint density at radius 3 is 2.18 bits per heavy atom. The van der Waals surface area contributed by atoms with E-state index in [1.54, 1.807) is 0 Å². The zero-order valence-corrected chi connectivity index (χ0v) is 17.3. The van der Waals surface area contributed by atoms with Gasteiger partial charge in [-0.05, 0) is 63.7 Å². The number of rotatable bonds is 5. The average Bonchev–Trinajstić information content (AvgIpc) is 3.14. The summed E-state index contributed by atoms with van der Waals surface area (Å²) in [6, 6.07) is 0. The summed E-state index contributed by atoms with van der Waals surface area (Å²) in [5.74, 6) is 1.98. The first kappa shape index (κ1) is 19.9. The fourth-order valence-electron chi connectivity index (χ4n) is 5.04. The molecule has 1 aromatic rings. The van der Waals surface area contributed by atoms with Crippen LogP contribution in [0.3, 0.4) is 0 Å². The Bertz CT molecular complexity index is 626.